The van der Waals surface area contributed by atoms with E-state index in [1.807, 2.05) is 0 Å². The number of ether oxygens (including phenoxy) is 1. The highest BCUT2D eigenvalue weighted by Crippen LogP contribution is 2.38. The minimum Gasteiger partial charge on any atom is -0.465 e. The van der Waals surface area contributed by atoms with Gasteiger partial charge in [-0.15, -0.1) is 11.3 Å². The lowest BCUT2D eigenvalue weighted by Gasteiger charge is -2.30. The van der Waals surface area contributed by atoms with Gasteiger partial charge in [0, 0.05) is 10.9 Å². The van der Waals surface area contributed by atoms with E-state index in [0.29, 0.717) is 22.6 Å². The smallest absolute Gasteiger partial charge is 0.341 e. The lowest BCUT2D eigenvalue weighted by atomic mass is 9.86. The Hall–Kier alpha value is -1.14. The Kier molecular flexibility index (Phi) is 6.34. The molecule has 138 valence electrons. The Morgan fingerprint density at radius 3 is 2.68 bits per heavy atom. The van der Waals surface area contributed by atoms with E-state index in [-0.39, 0.29) is 5.97 Å². The molecule has 2 unspecified atom stereocenters. The molecule has 0 aliphatic heterocycles. The number of nitrogens with one attached hydrogen (secondary N) is 2. The van der Waals surface area contributed by atoms with Crippen molar-refractivity contribution in [2.24, 2.45) is 5.92 Å². The second-order valence-corrected chi connectivity index (χ2v) is 8.74. The standard InChI is InChI=1S/C19H28N2O2S2/c1-12-8-6-7-10-14(12)20-19(24)21-17-16(18(22)23-2)13-9-4-3-5-11-15(13)25-17/h12,14H,3-11H2,1-2H3,(H2,20,21,24). The Morgan fingerprint density at radius 2 is 1.92 bits per heavy atom. The second-order valence-electron chi connectivity index (χ2n) is 7.23. The van der Waals surface area contributed by atoms with Crippen LogP contribution < -0.4 is 10.6 Å². The monoisotopic (exact) mass is 380 g/mol. The first-order valence-electron chi connectivity index (χ1n) is 9.40. The van der Waals surface area contributed by atoms with Crippen LogP contribution in [0.3, 0.4) is 0 Å². The van der Waals surface area contributed by atoms with E-state index in [4.69, 9.17) is 17.0 Å². The van der Waals surface area contributed by atoms with Crippen LogP contribution in [-0.2, 0) is 17.6 Å². The van der Waals surface area contributed by atoms with Crippen LogP contribution in [0.2, 0.25) is 0 Å². The number of rotatable bonds is 3. The quantitative estimate of drug-likeness (QED) is 0.453. The average molecular weight is 381 g/mol. The van der Waals surface area contributed by atoms with Crippen molar-refractivity contribution in [1.82, 2.24) is 5.32 Å². The fraction of sp³-hybridized carbons (Fsp3) is 0.684. The van der Waals surface area contributed by atoms with Gasteiger partial charge in [-0.05, 0) is 62.2 Å². The van der Waals surface area contributed by atoms with Gasteiger partial charge in [0.1, 0.15) is 5.00 Å². The number of methoxy groups -OCH3 is 1. The van der Waals surface area contributed by atoms with Crippen molar-refractivity contribution in [2.45, 2.75) is 70.8 Å². The third-order valence-corrected chi connectivity index (χ3v) is 6.89. The van der Waals surface area contributed by atoms with Gasteiger partial charge in [0.25, 0.3) is 0 Å². The maximum absolute atomic E-state index is 12.4. The third-order valence-electron chi connectivity index (χ3n) is 5.47. The second kappa shape index (κ2) is 8.49. The van der Waals surface area contributed by atoms with Crippen LogP contribution in [0.5, 0.6) is 0 Å². The Balaban J connectivity index is 1.77. The van der Waals surface area contributed by atoms with Gasteiger partial charge >= 0.3 is 5.97 Å². The lowest BCUT2D eigenvalue weighted by molar-refractivity contribution is 0.0601. The van der Waals surface area contributed by atoms with E-state index in [2.05, 4.69) is 17.6 Å². The van der Waals surface area contributed by atoms with Crippen LogP contribution in [0.25, 0.3) is 0 Å². The average Bonchev–Trinajstić information content (AvgIpc) is 2.77. The third kappa shape index (κ3) is 4.34. The van der Waals surface area contributed by atoms with Gasteiger partial charge < -0.3 is 15.4 Å². The van der Waals surface area contributed by atoms with Crippen molar-refractivity contribution in [1.29, 1.82) is 0 Å². The maximum Gasteiger partial charge on any atom is 0.341 e. The predicted octanol–water partition coefficient (Wildman–Crippen LogP) is 4.67. The highest BCUT2D eigenvalue weighted by molar-refractivity contribution is 7.80. The summed E-state index contributed by atoms with van der Waals surface area (Å²) in [5, 5.41) is 8.25. The van der Waals surface area contributed by atoms with E-state index in [0.717, 1.165) is 30.7 Å². The van der Waals surface area contributed by atoms with Crippen molar-refractivity contribution in [3.63, 3.8) is 0 Å². The molecule has 0 aromatic carbocycles. The number of aryl methyl sites for hydroxylation is 1. The number of thiophene rings is 1. The molecule has 1 fully saturated rings. The molecular formula is C19H28N2O2S2. The van der Waals surface area contributed by atoms with Crippen molar-refractivity contribution >= 4 is 39.6 Å². The summed E-state index contributed by atoms with van der Waals surface area (Å²) < 4.78 is 5.05. The summed E-state index contributed by atoms with van der Waals surface area (Å²) in [6, 6.07) is 0.424. The molecule has 2 N–H and O–H groups in total. The molecule has 25 heavy (non-hydrogen) atoms. The fourth-order valence-corrected chi connectivity index (χ4v) is 5.59. The summed E-state index contributed by atoms with van der Waals surface area (Å²) in [6.07, 6.45) is 10.5. The van der Waals surface area contributed by atoms with Crippen molar-refractivity contribution in [2.75, 3.05) is 12.4 Å². The van der Waals surface area contributed by atoms with E-state index in [9.17, 15) is 4.79 Å². The number of esters is 1. The van der Waals surface area contributed by atoms with Gasteiger partial charge in [0.05, 0.1) is 12.7 Å². The molecular weight excluding hydrogens is 352 g/mol. The van der Waals surface area contributed by atoms with Crippen LogP contribution >= 0.6 is 23.6 Å². The van der Waals surface area contributed by atoms with Crippen LogP contribution in [0.1, 0.15) is 72.7 Å². The van der Waals surface area contributed by atoms with Crippen LogP contribution in [0, 0.1) is 5.92 Å². The summed E-state index contributed by atoms with van der Waals surface area (Å²) >= 11 is 7.22. The molecule has 0 amide bonds. The van der Waals surface area contributed by atoms with E-state index < -0.39 is 0 Å². The molecule has 0 radical (unpaired) electrons. The number of hydrogen-bond acceptors (Lipinski definition) is 4. The van der Waals surface area contributed by atoms with Crippen molar-refractivity contribution in [3.8, 4) is 0 Å². The van der Waals surface area contributed by atoms with E-state index in [1.165, 1.54) is 49.7 Å². The van der Waals surface area contributed by atoms with Crippen LogP contribution in [0.15, 0.2) is 0 Å². The molecule has 1 aromatic rings. The topological polar surface area (TPSA) is 50.4 Å². The Bertz CT molecular complexity index is 642. The number of carbonyl (C=O) groups excluding carboxylic acids is 1. The predicted molar refractivity (Wildman–Crippen MR) is 108 cm³/mol. The number of fused-ring (bicyclic) bond motifs is 1. The number of hydrogen-bond donors (Lipinski definition) is 2. The first kappa shape index (κ1) is 18.6. The molecule has 1 heterocycles. The molecule has 6 heteroatoms. The number of carbonyl (C=O) groups is 1. The van der Waals surface area contributed by atoms with E-state index >= 15 is 0 Å². The van der Waals surface area contributed by atoms with Gasteiger partial charge in [-0.25, -0.2) is 4.79 Å². The van der Waals surface area contributed by atoms with Gasteiger partial charge in [0.2, 0.25) is 0 Å². The molecule has 0 spiro atoms. The summed E-state index contributed by atoms with van der Waals surface area (Å²) in [5.41, 5.74) is 1.87. The number of anilines is 1. The summed E-state index contributed by atoms with van der Waals surface area (Å²) in [5.74, 6) is 0.379. The van der Waals surface area contributed by atoms with Crippen LogP contribution in [0.4, 0.5) is 5.00 Å². The highest BCUT2D eigenvalue weighted by atomic mass is 32.1. The highest BCUT2D eigenvalue weighted by Gasteiger charge is 2.27. The van der Waals surface area contributed by atoms with Gasteiger partial charge in [-0.3, -0.25) is 0 Å². The SMILES string of the molecule is COC(=O)c1c(NC(=S)NC2CCCCC2C)sc2c1CCCCC2. The summed E-state index contributed by atoms with van der Waals surface area (Å²) in [4.78, 5) is 13.7. The van der Waals surface area contributed by atoms with Gasteiger partial charge in [-0.1, -0.05) is 26.2 Å². The zero-order valence-corrected chi connectivity index (χ0v) is 16.8. The molecule has 2 aliphatic carbocycles. The molecule has 0 saturated heterocycles. The maximum atomic E-state index is 12.4. The van der Waals surface area contributed by atoms with Crippen LogP contribution in [-0.4, -0.2) is 24.2 Å². The Labute approximate surface area is 159 Å². The van der Waals surface area contributed by atoms with E-state index in [1.54, 1.807) is 11.3 Å². The Morgan fingerprint density at radius 1 is 1.16 bits per heavy atom. The molecule has 3 rings (SSSR count). The largest absolute Gasteiger partial charge is 0.465 e. The molecule has 1 aromatic heterocycles. The molecule has 1 saturated carbocycles. The lowest BCUT2D eigenvalue weighted by Crippen LogP contribution is -2.43. The van der Waals surface area contributed by atoms with Crippen molar-refractivity contribution < 1.29 is 9.53 Å². The summed E-state index contributed by atoms with van der Waals surface area (Å²) in [6.45, 7) is 2.28. The first-order chi connectivity index (χ1) is 12.1. The molecule has 4 nitrogen and oxygen atoms in total. The normalized spacial score (nSPS) is 23.3. The van der Waals surface area contributed by atoms with Gasteiger partial charge in [0.15, 0.2) is 5.11 Å². The fourth-order valence-electron chi connectivity index (χ4n) is 3.99. The van der Waals surface area contributed by atoms with Gasteiger partial charge in [-0.2, -0.15) is 0 Å². The zero-order valence-electron chi connectivity index (χ0n) is 15.2. The minimum atomic E-state index is -0.254. The summed E-state index contributed by atoms with van der Waals surface area (Å²) in [7, 11) is 1.45. The molecule has 0 bridgehead atoms. The number of thiocarbonyl (C=S) groups is 1. The molecule has 2 aliphatic rings. The zero-order chi connectivity index (χ0) is 17.8. The molecule has 2 atom stereocenters. The first-order valence-corrected chi connectivity index (χ1v) is 10.6. The minimum absolute atomic E-state index is 0.254. The van der Waals surface area contributed by atoms with Crippen molar-refractivity contribution in [3.05, 3.63) is 16.0 Å².